The summed E-state index contributed by atoms with van der Waals surface area (Å²) in [7, 11) is 0. The van der Waals surface area contributed by atoms with Crippen molar-refractivity contribution in [3.05, 3.63) is 77.8 Å². The van der Waals surface area contributed by atoms with Gasteiger partial charge < -0.3 is 20.5 Å². The maximum absolute atomic E-state index is 12.4. The van der Waals surface area contributed by atoms with Crippen LogP contribution in [-0.4, -0.2) is 23.1 Å². The van der Waals surface area contributed by atoms with E-state index in [4.69, 9.17) is 16.3 Å². The first-order valence-electron chi connectivity index (χ1n) is 9.70. The molecule has 1 atom stereocenters. The molecule has 0 radical (unpaired) electrons. The van der Waals surface area contributed by atoms with Gasteiger partial charge in [0, 0.05) is 17.8 Å². The Hall–Kier alpha value is -3.71. The van der Waals surface area contributed by atoms with E-state index in [1.54, 1.807) is 35.3 Å². The minimum Gasteiger partial charge on any atom is -0.508 e. The summed E-state index contributed by atoms with van der Waals surface area (Å²) in [5.74, 6) is 0.636. The molecule has 3 aromatic carbocycles. The second kappa shape index (κ2) is 8.97. The third-order valence-corrected chi connectivity index (χ3v) is 4.96. The van der Waals surface area contributed by atoms with Gasteiger partial charge in [0.05, 0.1) is 16.4 Å². The van der Waals surface area contributed by atoms with E-state index in [-0.39, 0.29) is 5.75 Å². The van der Waals surface area contributed by atoms with Crippen LogP contribution < -0.4 is 20.4 Å². The standard InChI is InChI=1S/C23H21ClN4O3/c1-15-14-22(28(27-15)20-8-4-2-6-18(20)24)31-21-9-5-3-7-19(21)26-23(30)25-16-10-12-17(29)13-11-16/h2-13,22,29H,14H2,1H3,(H2,25,26,30). The van der Waals surface area contributed by atoms with Gasteiger partial charge in [-0.1, -0.05) is 35.9 Å². The molecule has 3 aromatic rings. The van der Waals surface area contributed by atoms with Gasteiger partial charge in [-0.3, -0.25) is 0 Å². The topological polar surface area (TPSA) is 86.2 Å². The van der Waals surface area contributed by atoms with Gasteiger partial charge in [-0.05, 0) is 55.5 Å². The third kappa shape index (κ3) is 4.90. The fraction of sp³-hybridized carbons (Fsp3) is 0.130. The number of ether oxygens (including phenoxy) is 1. The van der Waals surface area contributed by atoms with Crippen molar-refractivity contribution in [2.24, 2.45) is 5.10 Å². The van der Waals surface area contributed by atoms with Crippen molar-refractivity contribution in [1.29, 1.82) is 0 Å². The number of carbonyl (C=O) groups excluding carboxylic acids is 1. The molecule has 0 spiro atoms. The average Bonchev–Trinajstić information content (AvgIpc) is 3.11. The van der Waals surface area contributed by atoms with Crippen molar-refractivity contribution >= 4 is 40.4 Å². The van der Waals surface area contributed by atoms with Crippen LogP contribution >= 0.6 is 11.6 Å². The highest BCUT2D eigenvalue weighted by Gasteiger charge is 2.29. The third-order valence-electron chi connectivity index (χ3n) is 4.64. The largest absolute Gasteiger partial charge is 0.508 e. The van der Waals surface area contributed by atoms with Crippen LogP contribution in [0.2, 0.25) is 5.02 Å². The Labute approximate surface area is 184 Å². The zero-order valence-electron chi connectivity index (χ0n) is 16.7. The molecule has 1 aliphatic heterocycles. The van der Waals surface area contributed by atoms with E-state index in [2.05, 4.69) is 15.7 Å². The lowest BCUT2D eigenvalue weighted by Gasteiger charge is -2.26. The van der Waals surface area contributed by atoms with Gasteiger partial charge in [-0.2, -0.15) is 5.10 Å². The van der Waals surface area contributed by atoms with Crippen LogP contribution in [0, 0.1) is 0 Å². The molecule has 8 heteroatoms. The van der Waals surface area contributed by atoms with E-state index >= 15 is 0 Å². The monoisotopic (exact) mass is 436 g/mol. The Kier molecular flexibility index (Phi) is 5.95. The van der Waals surface area contributed by atoms with Gasteiger partial charge in [0.1, 0.15) is 11.5 Å². The molecule has 0 aliphatic carbocycles. The normalized spacial score (nSPS) is 15.4. The minimum absolute atomic E-state index is 0.127. The lowest BCUT2D eigenvalue weighted by molar-refractivity contribution is 0.214. The quantitative estimate of drug-likeness (QED) is 0.449. The Morgan fingerprint density at radius 2 is 1.77 bits per heavy atom. The summed E-state index contributed by atoms with van der Waals surface area (Å²) in [6.07, 6.45) is 0.196. The summed E-state index contributed by atoms with van der Waals surface area (Å²) in [6, 6.07) is 20.4. The number of rotatable bonds is 5. The molecule has 4 rings (SSSR count). The van der Waals surface area contributed by atoms with Gasteiger partial charge in [-0.15, -0.1) is 0 Å². The van der Waals surface area contributed by atoms with Crippen molar-refractivity contribution in [3.8, 4) is 11.5 Å². The maximum Gasteiger partial charge on any atom is 0.323 e. The van der Waals surface area contributed by atoms with Crippen LogP contribution in [0.15, 0.2) is 77.9 Å². The van der Waals surface area contributed by atoms with Gasteiger partial charge >= 0.3 is 6.03 Å². The number of nitrogens with one attached hydrogen (secondary N) is 2. The van der Waals surface area contributed by atoms with Gasteiger partial charge in [-0.25, -0.2) is 9.80 Å². The SMILES string of the molecule is CC1=NN(c2ccccc2Cl)C(Oc2ccccc2NC(=O)Nc2ccc(O)cc2)C1. The summed E-state index contributed by atoms with van der Waals surface area (Å²) >= 11 is 6.36. The molecule has 31 heavy (non-hydrogen) atoms. The number of phenols is 1. The number of benzene rings is 3. The van der Waals surface area contributed by atoms with E-state index in [0.717, 1.165) is 11.4 Å². The first kappa shape index (κ1) is 20.6. The van der Waals surface area contributed by atoms with Crippen molar-refractivity contribution in [2.75, 3.05) is 15.6 Å². The predicted molar refractivity (Wildman–Crippen MR) is 123 cm³/mol. The highest BCUT2D eigenvalue weighted by atomic mass is 35.5. The zero-order chi connectivity index (χ0) is 21.8. The lowest BCUT2D eigenvalue weighted by Crippen LogP contribution is -2.32. The number of hydrogen-bond acceptors (Lipinski definition) is 5. The first-order chi connectivity index (χ1) is 15.0. The molecular weight excluding hydrogens is 416 g/mol. The van der Waals surface area contributed by atoms with Crippen LogP contribution in [0.4, 0.5) is 21.9 Å². The van der Waals surface area contributed by atoms with Crippen molar-refractivity contribution in [3.63, 3.8) is 0 Å². The molecule has 0 fully saturated rings. The van der Waals surface area contributed by atoms with E-state index in [1.807, 2.05) is 37.3 Å². The highest BCUT2D eigenvalue weighted by Crippen LogP contribution is 2.34. The number of hydrazone groups is 1. The van der Waals surface area contributed by atoms with Crippen molar-refractivity contribution < 1.29 is 14.6 Å². The molecule has 0 saturated carbocycles. The molecule has 0 bridgehead atoms. The molecule has 1 heterocycles. The predicted octanol–water partition coefficient (Wildman–Crippen LogP) is 5.68. The molecule has 7 nitrogen and oxygen atoms in total. The number of carbonyl (C=O) groups is 1. The van der Waals surface area contributed by atoms with Crippen molar-refractivity contribution in [2.45, 2.75) is 19.6 Å². The average molecular weight is 437 g/mol. The van der Waals surface area contributed by atoms with Crippen LogP contribution in [0.1, 0.15) is 13.3 Å². The van der Waals surface area contributed by atoms with E-state index in [0.29, 0.717) is 28.6 Å². The van der Waals surface area contributed by atoms with Crippen molar-refractivity contribution in [1.82, 2.24) is 0 Å². The Balaban J connectivity index is 1.50. The highest BCUT2D eigenvalue weighted by molar-refractivity contribution is 6.33. The molecule has 1 unspecified atom stereocenters. The second-order valence-electron chi connectivity index (χ2n) is 7.03. The number of halogens is 1. The van der Waals surface area contributed by atoms with Crippen LogP contribution in [0.25, 0.3) is 0 Å². The minimum atomic E-state index is -0.427. The number of amides is 2. The van der Waals surface area contributed by atoms with Gasteiger partial charge in [0.2, 0.25) is 0 Å². The zero-order valence-corrected chi connectivity index (χ0v) is 17.5. The molecule has 0 aromatic heterocycles. The summed E-state index contributed by atoms with van der Waals surface area (Å²) in [6.45, 7) is 1.93. The van der Waals surface area contributed by atoms with E-state index < -0.39 is 12.3 Å². The summed E-state index contributed by atoms with van der Waals surface area (Å²) < 4.78 is 6.24. The summed E-state index contributed by atoms with van der Waals surface area (Å²) in [5, 5.41) is 21.8. The number of phenolic OH excluding ortho intramolecular Hbond substituents is 1. The molecule has 2 amide bonds. The Morgan fingerprint density at radius 1 is 1.06 bits per heavy atom. The van der Waals surface area contributed by atoms with E-state index in [9.17, 15) is 9.90 Å². The second-order valence-corrected chi connectivity index (χ2v) is 7.44. The fourth-order valence-corrected chi connectivity index (χ4v) is 3.44. The number of nitrogens with zero attached hydrogens (tertiary/aromatic N) is 2. The lowest BCUT2D eigenvalue weighted by atomic mass is 10.2. The Bertz CT molecular complexity index is 1120. The first-order valence-corrected chi connectivity index (χ1v) is 10.1. The molecule has 1 aliphatic rings. The van der Waals surface area contributed by atoms with E-state index in [1.165, 1.54) is 12.1 Å². The molecule has 0 saturated heterocycles. The number of hydrogen-bond donors (Lipinski definition) is 3. The Morgan fingerprint density at radius 3 is 2.55 bits per heavy atom. The molecule has 3 N–H and O–H groups in total. The number of anilines is 3. The van der Waals surface area contributed by atoms with Gasteiger partial charge in [0.25, 0.3) is 0 Å². The molecule has 158 valence electrons. The maximum atomic E-state index is 12.4. The summed E-state index contributed by atoms with van der Waals surface area (Å²) in [5.41, 5.74) is 2.74. The molecular formula is C23H21ClN4O3. The number of aromatic hydroxyl groups is 1. The fourth-order valence-electron chi connectivity index (χ4n) is 3.22. The number of para-hydroxylation sites is 3. The van der Waals surface area contributed by atoms with Crippen LogP contribution in [-0.2, 0) is 0 Å². The van der Waals surface area contributed by atoms with Crippen LogP contribution in [0.3, 0.4) is 0 Å². The van der Waals surface area contributed by atoms with Crippen LogP contribution in [0.5, 0.6) is 11.5 Å². The smallest absolute Gasteiger partial charge is 0.323 e. The number of urea groups is 1. The van der Waals surface area contributed by atoms with Gasteiger partial charge in [0.15, 0.2) is 6.23 Å². The summed E-state index contributed by atoms with van der Waals surface area (Å²) in [4.78, 5) is 12.4.